The predicted octanol–water partition coefficient (Wildman–Crippen LogP) is 5.46. The summed E-state index contributed by atoms with van der Waals surface area (Å²) in [5.41, 5.74) is 5.77. The Morgan fingerprint density at radius 2 is 1.80 bits per heavy atom. The molecule has 11 heteroatoms. The van der Waals surface area contributed by atoms with E-state index in [0.717, 1.165) is 25.0 Å². The van der Waals surface area contributed by atoms with E-state index in [1.807, 2.05) is 11.5 Å². The highest BCUT2D eigenvalue weighted by molar-refractivity contribution is 6.30. The third-order valence-corrected chi connectivity index (χ3v) is 7.60. The Kier molecular flexibility index (Phi) is 6.25. The van der Waals surface area contributed by atoms with Gasteiger partial charge in [0.25, 0.3) is 0 Å². The molecular formula is C24H28ClF2N7O. The van der Waals surface area contributed by atoms with E-state index in [1.54, 1.807) is 6.20 Å². The molecular weight excluding hydrogens is 476 g/mol. The molecule has 8 nitrogen and oxygen atoms in total. The molecule has 2 aromatic heterocycles. The number of halogens is 3. The number of hydrogen-bond acceptors (Lipinski definition) is 6. The van der Waals surface area contributed by atoms with Crippen LogP contribution in [0.4, 0.5) is 26.4 Å². The van der Waals surface area contributed by atoms with Gasteiger partial charge in [0.05, 0.1) is 6.20 Å². The number of nitrogens with two attached hydrogens (primary N) is 1. The maximum atomic E-state index is 14.6. The molecule has 35 heavy (non-hydrogen) atoms. The number of anilines is 3. The molecule has 0 spiro atoms. The van der Waals surface area contributed by atoms with Crippen LogP contribution in [-0.2, 0) is 4.79 Å². The molecule has 5 rings (SSSR count). The van der Waals surface area contributed by atoms with Crippen molar-refractivity contribution in [1.29, 1.82) is 0 Å². The fourth-order valence-electron chi connectivity index (χ4n) is 5.16. The first kappa shape index (κ1) is 23.7. The van der Waals surface area contributed by atoms with Crippen molar-refractivity contribution in [2.75, 3.05) is 10.6 Å². The quantitative estimate of drug-likeness (QED) is 0.412. The number of benzene rings is 1. The molecule has 2 aliphatic carbocycles. The summed E-state index contributed by atoms with van der Waals surface area (Å²) in [6.07, 6.45) is 8.55. The molecule has 2 fully saturated rings. The number of rotatable bonds is 6. The molecule has 0 atom stereocenters. The van der Waals surface area contributed by atoms with Gasteiger partial charge in [-0.2, -0.15) is 4.98 Å². The van der Waals surface area contributed by atoms with E-state index in [2.05, 4.69) is 20.6 Å². The largest absolute Gasteiger partial charge is 0.369 e. The second-order valence-electron chi connectivity index (χ2n) is 9.86. The van der Waals surface area contributed by atoms with Gasteiger partial charge in [-0.1, -0.05) is 31.4 Å². The number of imidazole rings is 1. The molecule has 0 saturated heterocycles. The lowest BCUT2D eigenvalue weighted by Gasteiger charge is -2.35. The normalized spacial score (nSPS) is 23.0. The minimum atomic E-state index is -0.826. The SMILES string of the molecule is C[C@]1(C(N)=O)CC[C@@H](n2c(Nc3c(F)cc(Cl)cc3F)nc3cnc(NC4CCCC4)nc32)CC1. The van der Waals surface area contributed by atoms with Gasteiger partial charge >= 0.3 is 0 Å². The summed E-state index contributed by atoms with van der Waals surface area (Å²) in [4.78, 5) is 25.7. The van der Waals surface area contributed by atoms with E-state index in [0.29, 0.717) is 48.8 Å². The summed E-state index contributed by atoms with van der Waals surface area (Å²) in [7, 11) is 0. The number of amides is 1. The number of fused-ring (bicyclic) bond motifs is 1. The zero-order chi connectivity index (χ0) is 24.7. The number of nitrogens with one attached hydrogen (secondary N) is 2. The van der Waals surface area contributed by atoms with Crippen LogP contribution in [0.5, 0.6) is 0 Å². The van der Waals surface area contributed by atoms with Gasteiger partial charge in [0, 0.05) is 22.5 Å². The maximum absolute atomic E-state index is 14.6. The van der Waals surface area contributed by atoms with Crippen LogP contribution in [0.1, 0.15) is 64.3 Å². The van der Waals surface area contributed by atoms with Crippen LogP contribution in [-0.4, -0.2) is 31.5 Å². The molecule has 4 N–H and O–H groups in total. The van der Waals surface area contributed by atoms with Crippen LogP contribution in [0.15, 0.2) is 18.3 Å². The van der Waals surface area contributed by atoms with Crippen molar-refractivity contribution in [3.05, 3.63) is 35.0 Å². The van der Waals surface area contributed by atoms with Gasteiger partial charge in [-0.15, -0.1) is 0 Å². The Balaban J connectivity index is 1.54. The lowest BCUT2D eigenvalue weighted by atomic mass is 9.73. The van der Waals surface area contributed by atoms with E-state index in [-0.39, 0.29) is 28.6 Å². The molecule has 0 aliphatic heterocycles. The van der Waals surface area contributed by atoms with Gasteiger partial charge in [-0.05, 0) is 50.7 Å². The van der Waals surface area contributed by atoms with Gasteiger partial charge in [-0.25, -0.2) is 18.7 Å². The van der Waals surface area contributed by atoms with Gasteiger partial charge < -0.3 is 16.4 Å². The van der Waals surface area contributed by atoms with Crippen molar-refractivity contribution in [3.8, 4) is 0 Å². The zero-order valence-corrected chi connectivity index (χ0v) is 20.2. The summed E-state index contributed by atoms with van der Waals surface area (Å²) in [5, 5.41) is 6.18. The van der Waals surface area contributed by atoms with Crippen molar-refractivity contribution >= 4 is 46.3 Å². The number of primary amides is 1. The maximum Gasteiger partial charge on any atom is 0.224 e. The number of carbonyl (C=O) groups excluding carboxylic acids is 1. The molecule has 3 aromatic rings. The Morgan fingerprint density at radius 1 is 1.14 bits per heavy atom. The number of aromatic nitrogens is 4. The van der Waals surface area contributed by atoms with Gasteiger partial charge in [0.2, 0.25) is 17.8 Å². The summed E-state index contributed by atoms with van der Waals surface area (Å²) in [5.74, 6) is -1.22. The van der Waals surface area contributed by atoms with E-state index in [4.69, 9.17) is 22.3 Å². The minimum absolute atomic E-state index is 0.0365. The summed E-state index contributed by atoms with van der Waals surface area (Å²) >= 11 is 5.79. The first-order valence-electron chi connectivity index (χ1n) is 12.0. The van der Waals surface area contributed by atoms with Crippen molar-refractivity contribution < 1.29 is 13.6 Å². The first-order chi connectivity index (χ1) is 16.7. The smallest absolute Gasteiger partial charge is 0.224 e. The third-order valence-electron chi connectivity index (χ3n) is 7.38. The average Bonchev–Trinajstić information content (AvgIpc) is 3.44. The molecule has 0 unspecified atom stereocenters. The topological polar surface area (TPSA) is 111 Å². The van der Waals surface area contributed by atoms with E-state index in [1.165, 1.54) is 12.8 Å². The van der Waals surface area contributed by atoms with Crippen molar-refractivity contribution in [2.24, 2.45) is 11.1 Å². The van der Waals surface area contributed by atoms with E-state index in [9.17, 15) is 13.6 Å². The average molecular weight is 504 g/mol. The summed E-state index contributed by atoms with van der Waals surface area (Å²) < 4.78 is 31.1. The number of carbonyl (C=O) groups is 1. The highest BCUT2D eigenvalue weighted by Gasteiger charge is 2.38. The Hall–Kier alpha value is -3.01. The number of hydrogen-bond donors (Lipinski definition) is 3. The fraction of sp³-hybridized carbons (Fsp3) is 0.500. The van der Waals surface area contributed by atoms with Gasteiger partial charge in [0.1, 0.15) is 11.2 Å². The lowest BCUT2D eigenvalue weighted by molar-refractivity contribution is -0.128. The highest BCUT2D eigenvalue weighted by atomic mass is 35.5. The summed E-state index contributed by atoms with van der Waals surface area (Å²) in [6, 6.07) is 2.32. The third kappa shape index (κ3) is 4.63. The van der Waals surface area contributed by atoms with Crippen LogP contribution < -0.4 is 16.4 Å². The molecule has 0 bridgehead atoms. The van der Waals surface area contributed by atoms with Crippen molar-refractivity contribution in [2.45, 2.75) is 70.4 Å². The van der Waals surface area contributed by atoms with Gasteiger partial charge in [0.15, 0.2) is 17.3 Å². The molecule has 2 heterocycles. The monoisotopic (exact) mass is 503 g/mol. The zero-order valence-electron chi connectivity index (χ0n) is 19.5. The van der Waals surface area contributed by atoms with Gasteiger partial charge in [-0.3, -0.25) is 9.36 Å². The van der Waals surface area contributed by atoms with Crippen LogP contribution >= 0.6 is 11.6 Å². The Morgan fingerprint density at radius 3 is 2.43 bits per heavy atom. The molecule has 1 amide bonds. The fourth-order valence-corrected chi connectivity index (χ4v) is 5.36. The van der Waals surface area contributed by atoms with Crippen LogP contribution in [0, 0.1) is 17.0 Å². The Labute approximate surface area is 206 Å². The second-order valence-corrected chi connectivity index (χ2v) is 10.3. The van der Waals surface area contributed by atoms with Crippen LogP contribution in [0.25, 0.3) is 11.2 Å². The standard InChI is InChI=1S/C24H28ClF2N7O/c1-24(21(28)35)8-6-15(7-9-24)34-20-18(12-29-22(33-20)30-14-4-2-3-5-14)31-23(34)32-19-16(26)10-13(25)11-17(19)27/h10-12,14-15H,2-9H2,1H3,(H2,28,35)(H,31,32)(H,29,30,33)/t15-,24+. The predicted molar refractivity (Wildman–Crippen MR) is 131 cm³/mol. The lowest BCUT2D eigenvalue weighted by Crippen LogP contribution is -2.38. The molecule has 2 aliphatic rings. The van der Waals surface area contributed by atoms with Crippen LogP contribution in [0.2, 0.25) is 5.02 Å². The van der Waals surface area contributed by atoms with E-state index < -0.39 is 17.0 Å². The molecule has 186 valence electrons. The number of nitrogens with zero attached hydrogens (tertiary/aromatic N) is 4. The molecule has 1 aromatic carbocycles. The summed E-state index contributed by atoms with van der Waals surface area (Å²) in [6.45, 7) is 1.88. The Bertz CT molecular complexity index is 1240. The van der Waals surface area contributed by atoms with Crippen LogP contribution in [0.3, 0.4) is 0 Å². The van der Waals surface area contributed by atoms with Crippen molar-refractivity contribution in [1.82, 2.24) is 19.5 Å². The second kappa shape index (κ2) is 9.22. The molecule has 0 radical (unpaired) electrons. The first-order valence-corrected chi connectivity index (χ1v) is 12.3. The van der Waals surface area contributed by atoms with Crippen molar-refractivity contribution in [3.63, 3.8) is 0 Å². The minimum Gasteiger partial charge on any atom is -0.369 e. The highest BCUT2D eigenvalue weighted by Crippen LogP contribution is 2.43. The van der Waals surface area contributed by atoms with E-state index >= 15 is 0 Å². The molecule has 2 saturated carbocycles.